The van der Waals surface area contributed by atoms with Gasteiger partial charge in [-0.15, -0.1) is 0 Å². The summed E-state index contributed by atoms with van der Waals surface area (Å²) < 4.78 is 16.1. The molecule has 2 fully saturated rings. The minimum absolute atomic E-state index is 0.337. The molecule has 0 radical (unpaired) electrons. The van der Waals surface area contributed by atoms with Crippen molar-refractivity contribution < 1.29 is 24.1 Å². The van der Waals surface area contributed by atoms with Crippen LogP contribution >= 0.6 is 0 Å². The molecule has 0 amide bonds. The van der Waals surface area contributed by atoms with Crippen molar-refractivity contribution in [1.82, 2.24) is 0 Å². The monoisotopic (exact) mass is 250 g/mol. The first kappa shape index (κ1) is 11.6. The van der Waals surface area contributed by atoms with Crippen LogP contribution in [0.15, 0.2) is 30.3 Å². The number of hydrogen-bond donors (Lipinski definition) is 1. The Kier molecular flexibility index (Phi) is 3.03. The molecule has 5 heteroatoms. The van der Waals surface area contributed by atoms with Gasteiger partial charge in [-0.3, -0.25) is 0 Å². The standard InChI is InChI=1S/C13H14O5/c14-9-6-11-16-7-10(17-11)12(9)18-13(15)8-4-2-1-3-5-8/h1-5,9-12,14H,6-7H2/t9-,10+,11+,12+/m1/s1. The average molecular weight is 250 g/mol. The average Bonchev–Trinajstić information content (AvgIpc) is 2.79. The molecule has 0 saturated carbocycles. The van der Waals surface area contributed by atoms with Crippen LogP contribution in [0.25, 0.3) is 0 Å². The normalized spacial score (nSPS) is 34.3. The molecule has 2 saturated heterocycles. The highest BCUT2D eigenvalue weighted by Crippen LogP contribution is 2.29. The third kappa shape index (κ3) is 2.12. The third-order valence-corrected chi connectivity index (χ3v) is 3.21. The van der Waals surface area contributed by atoms with E-state index in [1.54, 1.807) is 24.3 Å². The lowest BCUT2D eigenvalue weighted by atomic mass is 10.0. The highest BCUT2D eigenvalue weighted by Gasteiger charge is 2.45. The zero-order valence-electron chi connectivity index (χ0n) is 9.69. The van der Waals surface area contributed by atoms with Crippen LogP contribution in [0.1, 0.15) is 16.8 Å². The summed E-state index contributed by atoms with van der Waals surface area (Å²) in [7, 11) is 0. The van der Waals surface area contributed by atoms with E-state index >= 15 is 0 Å². The predicted molar refractivity (Wildman–Crippen MR) is 60.9 cm³/mol. The van der Waals surface area contributed by atoms with E-state index in [0.717, 1.165) is 0 Å². The molecule has 96 valence electrons. The van der Waals surface area contributed by atoms with Gasteiger partial charge >= 0.3 is 5.97 Å². The third-order valence-electron chi connectivity index (χ3n) is 3.21. The molecule has 2 heterocycles. The lowest BCUT2D eigenvalue weighted by Gasteiger charge is -2.31. The molecule has 4 atom stereocenters. The first-order valence-corrected chi connectivity index (χ1v) is 5.95. The molecule has 1 aromatic rings. The SMILES string of the molecule is O=C(O[C@H]1[C@H](O)C[C@H]2OC[C@@H]1O2)c1ccccc1. The highest BCUT2D eigenvalue weighted by molar-refractivity contribution is 5.89. The van der Waals surface area contributed by atoms with Gasteiger partial charge in [-0.2, -0.15) is 0 Å². The second kappa shape index (κ2) is 4.68. The van der Waals surface area contributed by atoms with E-state index in [0.29, 0.717) is 18.6 Å². The van der Waals surface area contributed by atoms with Crippen LogP contribution in [0.5, 0.6) is 0 Å². The maximum atomic E-state index is 11.9. The second-order valence-electron chi connectivity index (χ2n) is 4.48. The van der Waals surface area contributed by atoms with Gasteiger partial charge in [0, 0.05) is 6.42 Å². The quantitative estimate of drug-likeness (QED) is 0.783. The van der Waals surface area contributed by atoms with Crippen molar-refractivity contribution in [2.75, 3.05) is 6.61 Å². The molecule has 1 aromatic carbocycles. The first-order valence-electron chi connectivity index (χ1n) is 5.95. The Hall–Kier alpha value is -1.43. The fourth-order valence-corrected chi connectivity index (χ4v) is 2.27. The van der Waals surface area contributed by atoms with E-state index < -0.39 is 18.2 Å². The molecule has 2 aliphatic rings. The predicted octanol–water partition coefficient (Wildman–Crippen LogP) is 0.718. The van der Waals surface area contributed by atoms with Crippen LogP contribution < -0.4 is 0 Å². The first-order chi connectivity index (χ1) is 8.74. The largest absolute Gasteiger partial charge is 0.453 e. The molecule has 2 bridgehead atoms. The van der Waals surface area contributed by atoms with Gasteiger partial charge in [-0.1, -0.05) is 18.2 Å². The van der Waals surface area contributed by atoms with Gasteiger partial charge in [-0.25, -0.2) is 4.79 Å². The van der Waals surface area contributed by atoms with Crippen molar-refractivity contribution in [3.05, 3.63) is 35.9 Å². The van der Waals surface area contributed by atoms with Crippen LogP contribution in [-0.2, 0) is 14.2 Å². The summed E-state index contributed by atoms with van der Waals surface area (Å²) in [4.78, 5) is 11.9. The molecule has 0 unspecified atom stereocenters. The Morgan fingerprint density at radius 2 is 2.11 bits per heavy atom. The topological polar surface area (TPSA) is 65.0 Å². The number of rotatable bonds is 2. The van der Waals surface area contributed by atoms with Crippen LogP contribution in [0.2, 0.25) is 0 Å². The number of hydrogen-bond acceptors (Lipinski definition) is 5. The van der Waals surface area contributed by atoms with E-state index in [1.165, 1.54) is 0 Å². The molecule has 0 aliphatic carbocycles. The molecule has 1 N–H and O–H groups in total. The highest BCUT2D eigenvalue weighted by atomic mass is 16.7. The van der Waals surface area contributed by atoms with Crippen molar-refractivity contribution in [1.29, 1.82) is 0 Å². The number of benzene rings is 1. The Labute approximate surface area is 104 Å². The molecule has 3 rings (SSSR count). The maximum Gasteiger partial charge on any atom is 0.338 e. The van der Waals surface area contributed by atoms with Crippen LogP contribution in [-0.4, -0.2) is 42.3 Å². The molecular formula is C13H14O5. The van der Waals surface area contributed by atoms with Gasteiger partial charge in [0.05, 0.1) is 18.3 Å². The van der Waals surface area contributed by atoms with E-state index in [-0.39, 0.29) is 12.4 Å². The van der Waals surface area contributed by atoms with E-state index in [4.69, 9.17) is 14.2 Å². The second-order valence-corrected chi connectivity index (χ2v) is 4.48. The number of carbonyl (C=O) groups is 1. The van der Waals surface area contributed by atoms with Crippen LogP contribution in [0, 0.1) is 0 Å². The lowest BCUT2D eigenvalue weighted by molar-refractivity contribution is -0.167. The van der Waals surface area contributed by atoms with E-state index in [1.807, 2.05) is 6.07 Å². The van der Waals surface area contributed by atoms with Crippen molar-refractivity contribution in [3.8, 4) is 0 Å². The van der Waals surface area contributed by atoms with Gasteiger partial charge in [0.2, 0.25) is 0 Å². The van der Waals surface area contributed by atoms with Crippen LogP contribution in [0.4, 0.5) is 0 Å². The maximum absolute atomic E-state index is 11.9. The Balaban J connectivity index is 1.70. The fourth-order valence-electron chi connectivity index (χ4n) is 2.27. The van der Waals surface area contributed by atoms with Gasteiger partial charge in [0.1, 0.15) is 6.10 Å². The molecule has 0 spiro atoms. The zero-order chi connectivity index (χ0) is 12.5. The number of aliphatic hydroxyl groups excluding tert-OH is 1. The number of fused-ring (bicyclic) bond motifs is 2. The van der Waals surface area contributed by atoms with Crippen molar-refractivity contribution >= 4 is 5.97 Å². The number of ether oxygens (including phenoxy) is 3. The number of esters is 1. The number of carbonyl (C=O) groups excluding carboxylic acids is 1. The Morgan fingerprint density at radius 3 is 2.89 bits per heavy atom. The summed E-state index contributed by atoms with van der Waals surface area (Å²) in [5.74, 6) is -0.450. The summed E-state index contributed by atoms with van der Waals surface area (Å²) in [6, 6.07) is 8.70. The molecule has 18 heavy (non-hydrogen) atoms. The Bertz CT molecular complexity index is 432. The van der Waals surface area contributed by atoms with E-state index in [2.05, 4.69) is 0 Å². The lowest BCUT2D eigenvalue weighted by Crippen LogP contribution is -2.47. The molecule has 2 aliphatic heterocycles. The molecule has 5 nitrogen and oxygen atoms in total. The van der Waals surface area contributed by atoms with Gasteiger partial charge in [0.15, 0.2) is 12.4 Å². The van der Waals surface area contributed by atoms with Crippen molar-refractivity contribution in [2.24, 2.45) is 0 Å². The zero-order valence-corrected chi connectivity index (χ0v) is 9.69. The summed E-state index contributed by atoms with van der Waals surface area (Å²) in [6.45, 7) is 0.356. The number of aliphatic hydroxyl groups is 1. The molecule has 0 aromatic heterocycles. The minimum atomic E-state index is -0.732. The van der Waals surface area contributed by atoms with Crippen LogP contribution in [0.3, 0.4) is 0 Å². The summed E-state index contributed by atoms with van der Waals surface area (Å²) >= 11 is 0. The van der Waals surface area contributed by atoms with E-state index in [9.17, 15) is 9.90 Å². The van der Waals surface area contributed by atoms with Gasteiger partial charge in [0.25, 0.3) is 0 Å². The van der Waals surface area contributed by atoms with Crippen molar-refractivity contribution in [3.63, 3.8) is 0 Å². The van der Waals surface area contributed by atoms with Crippen molar-refractivity contribution in [2.45, 2.75) is 31.0 Å². The fraction of sp³-hybridized carbons (Fsp3) is 0.462. The summed E-state index contributed by atoms with van der Waals surface area (Å²) in [5.41, 5.74) is 0.464. The Morgan fingerprint density at radius 1 is 1.33 bits per heavy atom. The smallest absolute Gasteiger partial charge is 0.338 e. The van der Waals surface area contributed by atoms with Gasteiger partial charge < -0.3 is 19.3 Å². The summed E-state index contributed by atoms with van der Waals surface area (Å²) in [6.07, 6.45) is -1.79. The summed E-state index contributed by atoms with van der Waals surface area (Å²) in [5, 5.41) is 9.91. The minimum Gasteiger partial charge on any atom is -0.453 e. The molecular weight excluding hydrogens is 236 g/mol. The van der Waals surface area contributed by atoms with Gasteiger partial charge in [-0.05, 0) is 12.1 Å².